The van der Waals surface area contributed by atoms with Crippen molar-refractivity contribution in [2.75, 3.05) is 20.3 Å². The zero-order chi connectivity index (χ0) is 29.3. The molecular formula is C31H27F2IN2O5. The number of aryl methyl sites for hydroxylation is 1. The quantitative estimate of drug-likeness (QED) is 0.161. The molecule has 0 bridgehead atoms. The summed E-state index contributed by atoms with van der Waals surface area (Å²) < 4.78 is 35.1. The number of nitrogens with zero attached hydrogens (tertiary/aromatic N) is 2. The molecule has 5 rings (SSSR count). The van der Waals surface area contributed by atoms with E-state index in [-0.39, 0.29) is 35.6 Å². The molecule has 0 spiro atoms. The summed E-state index contributed by atoms with van der Waals surface area (Å²) in [6.45, 7) is 1.73. The van der Waals surface area contributed by atoms with Gasteiger partial charge in [-0.3, -0.25) is 19.2 Å². The summed E-state index contributed by atoms with van der Waals surface area (Å²) in [5.41, 5.74) is 2.39. The Labute approximate surface area is 249 Å². The van der Waals surface area contributed by atoms with Crippen molar-refractivity contribution in [1.29, 1.82) is 0 Å². The zero-order valence-corrected chi connectivity index (χ0v) is 24.6. The number of ether oxygens (including phenoxy) is 1. The smallest absolute Gasteiger partial charge is 0.285 e. The fourth-order valence-electron chi connectivity index (χ4n) is 5.22. The Morgan fingerprint density at radius 3 is 2.37 bits per heavy atom. The van der Waals surface area contributed by atoms with Crippen molar-refractivity contribution in [2.24, 2.45) is 0 Å². The number of carbonyl (C=O) groups excluding carboxylic acids is 3. The first kappa shape index (κ1) is 28.9. The summed E-state index contributed by atoms with van der Waals surface area (Å²) >= 11 is 2.17. The molecule has 3 aromatic carbocycles. The molecule has 7 nitrogen and oxygen atoms in total. The number of rotatable bonds is 8. The van der Waals surface area contributed by atoms with Gasteiger partial charge in [-0.1, -0.05) is 24.3 Å². The molecule has 41 heavy (non-hydrogen) atoms. The predicted molar refractivity (Wildman–Crippen MR) is 156 cm³/mol. The van der Waals surface area contributed by atoms with Crippen LogP contribution >= 0.6 is 22.6 Å². The number of hydrogen-bond acceptors (Lipinski definition) is 5. The highest BCUT2D eigenvalue weighted by Crippen LogP contribution is 2.34. The molecule has 2 aliphatic heterocycles. The van der Waals surface area contributed by atoms with Crippen LogP contribution in [0.3, 0.4) is 0 Å². The van der Waals surface area contributed by atoms with Crippen molar-refractivity contribution in [3.8, 4) is 5.75 Å². The summed E-state index contributed by atoms with van der Waals surface area (Å²) in [6, 6.07) is 14.0. The number of fused-ring (bicyclic) bond motifs is 1. The number of hydrogen-bond donors (Lipinski definition) is 0. The van der Waals surface area contributed by atoms with Gasteiger partial charge in [-0.2, -0.15) is 0 Å². The van der Waals surface area contributed by atoms with Crippen molar-refractivity contribution in [2.45, 2.75) is 32.2 Å². The Bertz CT molecular complexity index is 1520. The van der Waals surface area contributed by atoms with E-state index in [1.54, 1.807) is 36.3 Å². The minimum Gasteiger partial charge on any atom is -0.496 e. The Balaban J connectivity index is 1.41. The molecule has 0 N–H and O–H groups in total. The van der Waals surface area contributed by atoms with Crippen molar-refractivity contribution in [3.05, 3.63) is 103 Å². The van der Waals surface area contributed by atoms with Crippen LogP contribution in [-0.4, -0.2) is 47.9 Å². The van der Waals surface area contributed by atoms with Crippen molar-refractivity contribution in [3.63, 3.8) is 0 Å². The maximum absolute atomic E-state index is 14.5. The van der Waals surface area contributed by atoms with Crippen LogP contribution in [0.15, 0.2) is 60.2 Å². The van der Waals surface area contributed by atoms with Gasteiger partial charge in [0.1, 0.15) is 5.75 Å². The van der Waals surface area contributed by atoms with Crippen molar-refractivity contribution < 1.29 is 32.7 Å². The van der Waals surface area contributed by atoms with Crippen LogP contribution in [0.2, 0.25) is 0 Å². The maximum Gasteiger partial charge on any atom is 0.285 e. The third-order valence-corrected chi connectivity index (χ3v) is 8.15. The van der Waals surface area contributed by atoms with E-state index in [2.05, 4.69) is 22.6 Å². The molecule has 3 amide bonds. The van der Waals surface area contributed by atoms with Gasteiger partial charge < -0.3 is 9.64 Å². The fraction of sp³-hybridized carbons (Fsp3) is 0.258. The largest absolute Gasteiger partial charge is 0.496 e. The second-order valence-electron chi connectivity index (χ2n) is 9.89. The monoisotopic (exact) mass is 672 g/mol. The minimum absolute atomic E-state index is 0.109. The Kier molecular flexibility index (Phi) is 8.50. The molecule has 0 saturated carbocycles. The molecule has 10 heteroatoms. The van der Waals surface area contributed by atoms with Gasteiger partial charge in [0.2, 0.25) is 5.91 Å². The highest BCUT2D eigenvalue weighted by molar-refractivity contribution is 14.1. The van der Waals surface area contributed by atoms with Crippen molar-refractivity contribution in [1.82, 2.24) is 9.96 Å². The maximum atomic E-state index is 14.5. The normalized spacial score (nSPS) is 16.9. The molecule has 1 fully saturated rings. The first-order valence-corrected chi connectivity index (χ1v) is 14.2. The van der Waals surface area contributed by atoms with E-state index < -0.39 is 29.5 Å². The average molecular weight is 672 g/mol. The molecule has 1 unspecified atom stereocenters. The molecule has 212 valence electrons. The Morgan fingerprint density at radius 2 is 1.71 bits per heavy atom. The minimum atomic E-state index is -1.02. The molecule has 3 aromatic rings. The molecule has 2 aliphatic rings. The van der Waals surface area contributed by atoms with Gasteiger partial charge in [0.05, 0.1) is 34.5 Å². The van der Waals surface area contributed by atoms with E-state index in [4.69, 9.17) is 9.57 Å². The Morgan fingerprint density at radius 1 is 1.00 bits per heavy atom. The predicted octanol–water partition coefficient (Wildman–Crippen LogP) is 6.25. The Hall–Kier alpha value is -3.64. The van der Waals surface area contributed by atoms with Crippen LogP contribution in [0.1, 0.15) is 62.7 Å². The number of amides is 3. The van der Waals surface area contributed by atoms with E-state index in [1.165, 1.54) is 13.0 Å². The summed E-state index contributed by atoms with van der Waals surface area (Å²) in [4.78, 5) is 46.5. The van der Waals surface area contributed by atoms with Crippen LogP contribution in [0.5, 0.6) is 5.75 Å². The van der Waals surface area contributed by atoms with Crippen LogP contribution < -0.4 is 4.74 Å². The molecule has 1 saturated heterocycles. The highest BCUT2D eigenvalue weighted by atomic mass is 127. The van der Waals surface area contributed by atoms with Gasteiger partial charge >= 0.3 is 0 Å². The van der Waals surface area contributed by atoms with Gasteiger partial charge in [0.25, 0.3) is 11.8 Å². The molecular weight excluding hydrogens is 645 g/mol. The van der Waals surface area contributed by atoms with Crippen LogP contribution in [0.25, 0.3) is 6.08 Å². The van der Waals surface area contributed by atoms with Gasteiger partial charge in [-0.15, -0.1) is 5.06 Å². The number of carbonyl (C=O) groups is 3. The third-order valence-electron chi connectivity index (χ3n) is 7.26. The highest BCUT2D eigenvalue weighted by Gasteiger charge is 2.37. The first-order valence-electron chi connectivity index (χ1n) is 13.1. The topological polar surface area (TPSA) is 76.2 Å². The number of likely N-dealkylation sites (tertiary alicyclic amines) is 1. The van der Waals surface area contributed by atoms with Gasteiger partial charge in [0.15, 0.2) is 11.6 Å². The second-order valence-corrected chi connectivity index (χ2v) is 11.0. The summed E-state index contributed by atoms with van der Waals surface area (Å²) in [5.74, 6) is -2.65. The molecule has 1 atom stereocenters. The van der Waals surface area contributed by atoms with E-state index >= 15 is 0 Å². The summed E-state index contributed by atoms with van der Waals surface area (Å²) in [6.07, 6.45) is 3.17. The molecule has 0 aromatic heterocycles. The summed E-state index contributed by atoms with van der Waals surface area (Å²) in [7, 11) is 1.58. The lowest BCUT2D eigenvalue weighted by molar-refractivity contribution is -0.133. The molecule has 0 radical (unpaired) electrons. The van der Waals surface area contributed by atoms with E-state index in [0.29, 0.717) is 41.3 Å². The standard InChI is InChI=1S/C31H27F2IN2O5/c1-18-14-21(17-24(32)28(18)33)26(11-13-41-36-30(38)22-7-3-4-8-23(22)31(36)39)35-12-5-6-20(29(35)37)15-19-9-10-25(34)27(16-19)40-2/h3-4,7-10,14-17,26H,5-6,11-13H2,1-2H3/b20-15+. The second kappa shape index (κ2) is 12.1. The van der Waals surface area contributed by atoms with Crippen LogP contribution in [0, 0.1) is 22.1 Å². The number of halogens is 3. The lowest BCUT2D eigenvalue weighted by Crippen LogP contribution is -2.41. The fourth-order valence-corrected chi connectivity index (χ4v) is 5.78. The lowest BCUT2D eigenvalue weighted by atomic mass is 9.94. The van der Waals surface area contributed by atoms with Crippen LogP contribution in [0.4, 0.5) is 8.78 Å². The molecule has 2 heterocycles. The first-order chi connectivity index (χ1) is 19.7. The SMILES string of the molecule is COc1cc(/C=C2\CCCN(C(CCON3C(=O)c4ccccc4C3=O)c3cc(C)c(F)c(F)c3)C2=O)ccc1I. The number of methoxy groups -OCH3 is 1. The molecule has 0 aliphatic carbocycles. The van der Waals surface area contributed by atoms with Crippen LogP contribution in [-0.2, 0) is 9.63 Å². The van der Waals surface area contributed by atoms with Gasteiger partial charge in [0, 0.05) is 12.1 Å². The van der Waals surface area contributed by atoms with Gasteiger partial charge in [-0.05, 0) is 102 Å². The number of piperidine rings is 1. The van der Waals surface area contributed by atoms with E-state index in [9.17, 15) is 23.2 Å². The van der Waals surface area contributed by atoms with E-state index in [1.807, 2.05) is 24.3 Å². The zero-order valence-electron chi connectivity index (χ0n) is 22.5. The lowest BCUT2D eigenvalue weighted by Gasteiger charge is -2.36. The van der Waals surface area contributed by atoms with E-state index in [0.717, 1.165) is 15.2 Å². The third kappa shape index (κ3) is 5.76. The summed E-state index contributed by atoms with van der Waals surface area (Å²) in [5, 5.41) is 0.714. The van der Waals surface area contributed by atoms with Crippen molar-refractivity contribution >= 4 is 46.4 Å². The average Bonchev–Trinajstić information content (AvgIpc) is 3.21. The number of benzene rings is 3. The number of imide groups is 1. The van der Waals surface area contributed by atoms with Gasteiger partial charge in [-0.25, -0.2) is 8.78 Å². The number of hydroxylamine groups is 2.